The summed E-state index contributed by atoms with van der Waals surface area (Å²) in [5, 5.41) is 3.02. The molecular formula is C22H23FN2O2. The summed E-state index contributed by atoms with van der Waals surface area (Å²) in [6.45, 7) is 2.43. The van der Waals surface area contributed by atoms with Gasteiger partial charge in [0, 0.05) is 12.5 Å². The van der Waals surface area contributed by atoms with Crippen LogP contribution in [0.2, 0.25) is 0 Å². The lowest BCUT2D eigenvalue weighted by Crippen LogP contribution is -2.48. The zero-order valence-corrected chi connectivity index (χ0v) is 15.3. The van der Waals surface area contributed by atoms with Crippen LogP contribution >= 0.6 is 0 Å². The maximum absolute atomic E-state index is 13.2. The van der Waals surface area contributed by atoms with Gasteiger partial charge in [0.25, 0.3) is 0 Å². The molecule has 0 saturated heterocycles. The summed E-state index contributed by atoms with van der Waals surface area (Å²) < 4.78 is 13.2. The Morgan fingerprint density at radius 1 is 1.11 bits per heavy atom. The maximum atomic E-state index is 13.2. The summed E-state index contributed by atoms with van der Waals surface area (Å²) in [5.74, 6) is -0.341. The molecule has 5 heteroatoms. The van der Waals surface area contributed by atoms with Crippen molar-refractivity contribution < 1.29 is 14.0 Å². The SMILES string of the molecule is C[C@H](NC(=O)[C@@H]1c2ccccc2CCN1C(=O)C1CC1)c1ccc(F)cc1. The maximum Gasteiger partial charge on any atom is 0.247 e. The fourth-order valence-corrected chi connectivity index (χ4v) is 3.78. The van der Waals surface area contributed by atoms with E-state index in [1.165, 1.54) is 12.1 Å². The van der Waals surface area contributed by atoms with Crippen LogP contribution in [0.25, 0.3) is 0 Å². The van der Waals surface area contributed by atoms with Gasteiger partial charge in [-0.1, -0.05) is 36.4 Å². The number of amides is 2. The fraction of sp³-hybridized carbons (Fsp3) is 0.364. The number of fused-ring (bicyclic) bond motifs is 1. The molecule has 1 heterocycles. The van der Waals surface area contributed by atoms with Crippen molar-refractivity contribution in [2.75, 3.05) is 6.54 Å². The van der Waals surface area contributed by atoms with Crippen molar-refractivity contribution in [3.63, 3.8) is 0 Å². The van der Waals surface area contributed by atoms with Crippen molar-refractivity contribution in [2.45, 2.75) is 38.3 Å². The van der Waals surface area contributed by atoms with Crippen LogP contribution < -0.4 is 5.32 Å². The van der Waals surface area contributed by atoms with Gasteiger partial charge >= 0.3 is 0 Å². The van der Waals surface area contributed by atoms with E-state index in [1.807, 2.05) is 31.2 Å². The van der Waals surface area contributed by atoms with Gasteiger partial charge in [-0.05, 0) is 55.0 Å². The highest BCUT2D eigenvalue weighted by Gasteiger charge is 2.41. The molecule has 0 bridgehead atoms. The molecule has 1 aliphatic carbocycles. The van der Waals surface area contributed by atoms with Gasteiger partial charge in [0.2, 0.25) is 11.8 Å². The van der Waals surface area contributed by atoms with Gasteiger partial charge < -0.3 is 10.2 Å². The van der Waals surface area contributed by atoms with E-state index < -0.39 is 6.04 Å². The molecule has 4 nitrogen and oxygen atoms in total. The molecule has 2 aromatic rings. The quantitative estimate of drug-likeness (QED) is 0.900. The summed E-state index contributed by atoms with van der Waals surface area (Å²) >= 11 is 0. The molecule has 27 heavy (non-hydrogen) atoms. The van der Waals surface area contributed by atoms with Crippen LogP contribution in [0.15, 0.2) is 48.5 Å². The first-order chi connectivity index (χ1) is 13.0. The predicted octanol–water partition coefficient (Wildman–Crippen LogP) is 3.54. The van der Waals surface area contributed by atoms with Crippen LogP contribution in [0, 0.1) is 11.7 Å². The summed E-state index contributed by atoms with van der Waals surface area (Å²) in [6.07, 6.45) is 2.60. The van der Waals surface area contributed by atoms with Crippen LogP contribution in [0.5, 0.6) is 0 Å². The van der Waals surface area contributed by atoms with Gasteiger partial charge in [-0.15, -0.1) is 0 Å². The monoisotopic (exact) mass is 366 g/mol. The van der Waals surface area contributed by atoms with Gasteiger partial charge in [-0.2, -0.15) is 0 Å². The van der Waals surface area contributed by atoms with E-state index in [9.17, 15) is 14.0 Å². The Balaban J connectivity index is 1.59. The smallest absolute Gasteiger partial charge is 0.247 e. The van der Waals surface area contributed by atoms with Crippen molar-refractivity contribution in [1.82, 2.24) is 10.2 Å². The normalized spacial score (nSPS) is 19.9. The zero-order chi connectivity index (χ0) is 19.0. The van der Waals surface area contributed by atoms with E-state index >= 15 is 0 Å². The summed E-state index contributed by atoms with van der Waals surface area (Å²) in [5.41, 5.74) is 2.85. The second-order valence-electron chi connectivity index (χ2n) is 7.44. The minimum Gasteiger partial charge on any atom is -0.347 e. The Kier molecular flexibility index (Phi) is 4.68. The lowest BCUT2D eigenvalue weighted by molar-refractivity contribution is -0.142. The molecular weight excluding hydrogens is 343 g/mol. The Hall–Kier alpha value is -2.69. The largest absolute Gasteiger partial charge is 0.347 e. The number of nitrogens with one attached hydrogen (secondary N) is 1. The Morgan fingerprint density at radius 3 is 2.52 bits per heavy atom. The van der Waals surface area contributed by atoms with Crippen LogP contribution in [0.4, 0.5) is 4.39 Å². The van der Waals surface area contributed by atoms with E-state index in [1.54, 1.807) is 17.0 Å². The third kappa shape index (κ3) is 3.59. The molecule has 1 aliphatic heterocycles. The van der Waals surface area contributed by atoms with E-state index in [0.29, 0.717) is 6.54 Å². The van der Waals surface area contributed by atoms with Crippen molar-refractivity contribution >= 4 is 11.8 Å². The van der Waals surface area contributed by atoms with Gasteiger partial charge in [0.1, 0.15) is 11.9 Å². The first-order valence-electron chi connectivity index (χ1n) is 9.48. The highest BCUT2D eigenvalue weighted by Crippen LogP contribution is 2.37. The van der Waals surface area contributed by atoms with Gasteiger partial charge in [0.15, 0.2) is 0 Å². The number of halogens is 1. The van der Waals surface area contributed by atoms with Crippen molar-refractivity contribution in [3.05, 3.63) is 71.0 Å². The summed E-state index contributed by atoms with van der Waals surface area (Å²) in [6, 6.07) is 13.1. The molecule has 0 radical (unpaired) electrons. The Labute approximate surface area is 158 Å². The van der Waals surface area contributed by atoms with E-state index in [4.69, 9.17) is 0 Å². The molecule has 0 spiro atoms. The van der Waals surface area contributed by atoms with Gasteiger partial charge in [0.05, 0.1) is 6.04 Å². The van der Waals surface area contributed by atoms with Gasteiger partial charge in [-0.3, -0.25) is 9.59 Å². The molecule has 0 aromatic heterocycles. The summed E-state index contributed by atoms with van der Waals surface area (Å²) in [4.78, 5) is 27.7. The standard InChI is InChI=1S/C22H23FN2O2/c1-14(15-8-10-18(23)11-9-15)24-21(26)20-19-5-3-2-4-16(19)12-13-25(20)22(27)17-6-7-17/h2-5,8-11,14,17,20H,6-7,12-13H2,1H3,(H,24,26)/t14-,20-/m0/s1. The van der Waals surface area contributed by atoms with Crippen LogP contribution in [0.1, 0.15) is 48.5 Å². The third-order valence-electron chi connectivity index (χ3n) is 5.47. The topological polar surface area (TPSA) is 49.4 Å². The molecule has 1 saturated carbocycles. The first-order valence-corrected chi connectivity index (χ1v) is 9.48. The van der Waals surface area contributed by atoms with Crippen molar-refractivity contribution in [1.29, 1.82) is 0 Å². The average Bonchev–Trinajstić information content (AvgIpc) is 3.52. The minimum atomic E-state index is -0.606. The van der Waals surface area contributed by atoms with Crippen LogP contribution in [0.3, 0.4) is 0 Å². The first kappa shape index (κ1) is 17.7. The van der Waals surface area contributed by atoms with E-state index in [0.717, 1.165) is 36.0 Å². The average molecular weight is 366 g/mol. The highest BCUT2D eigenvalue weighted by molar-refractivity contribution is 5.91. The number of nitrogens with zero attached hydrogens (tertiary/aromatic N) is 1. The number of hydrogen-bond acceptors (Lipinski definition) is 2. The number of benzene rings is 2. The molecule has 1 N–H and O–H groups in total. The summed E-state index contributed by atoms with van der Waals surface area (Å²) in [7, 11) is 0. The molecule has 0 unspecified atom stereocenters. The molecule has 4 rings (SSSR count). The number of carbonyl (C=O) groups is 2. The highest BCUT2D eigenvalue weighted by atomic mass is 19.1. The van der Waals surface area contributed by atoms with Crippen molar-refractivity contribution in [2.24, 2.45) is 5.92 Å². The number of rotatable bonds is 4. The predicted molar refractivity (Wildman–Crippen MR) is 100 cm³/mol. The van der Waals surface area contributed by atoms with E-state index in [-0.39, 0.29) is 29.6 Å². The lowest BCUT2D eigenvalue weighted by Gasteiger charge is -2.37. The van der Waals surface area contributed by atoms with Gasteiger partial charge in [-0.25, -0.2) is 4.39 Å². The van der Waals surface area contributed by atoms with E-state index in [2.05, 4.69) is 5.32 Å². The Bertz CT molecular complexity index is 861. The second-order valence-corrected chi connectivity index (χ2v) is 7.44. The lowest BCUT2D eigenvalue weighted by atomic mass is 9.91. The van der Waals surface area contributed by atoms with Crippen LogP contribution in [-0.2, 0) is 16.0 Å². The fourth-order valence-electron chi connectivity index (χ4n) is 3.78. The molecule has 2 aromatic carbocycles. The zero-order valence-electron chi connectivity index (χ0n) is 15.3. The minimum absolute atomic E-state index is 0.0695. The molecule has 2 aliphatic rings. The Morgan fingerprint density at radius 2 is 1.81 bits per heavy atom. The second kappa shape index (κ2) is 7.14. The molecule has 2 atom stereocenters. The third-order valence-corrected chi connectivity index (χ3v) is 5.47. The molecule has 2 amide bonds. The number of hydrogen-bond donors (Lipinski definition) is 1. The molecule has 1 fully saturated rings. The number of carbonyl (C=O) groups excluding carboxylic acids is 2. The van der Waals surface area contributed by atoms with Crippen molar-refractivity contribution in [3.8, 4) is 0 Å². The van der Waals surface area contributed by atoms with Crippen LogP contribution in [-0.4, -0.2) is 23.3 Å². The molecule has 140 valence electrons.